The first-order valence-corrected chi connectivity index (χ1v) is 18.7. The Kier molecular flexibility index (Phi) is 6.09. The molecular weight excluding hydrogens is 653 g/mol. The highest BCUT2D eigenvalue weighted by atomic mass is 15.1. The van der Waals surface area contributed by atoms with Crippen LogP contribution >= 0.6 is 0 Å². The van der Waals surface area contributed by atoms with Gasteiger partial charge in [-0.15, -0.1) is 0 Å². The summed E-state index contributed by atoms with van der Waals surface area (Å²) in [7, 11) is 0. The van der Waals surface area contributed by atoms with Gasteiger partial charge in [0.2, 0.25) is 0 Å². The summed E-state index contributed by atoms with van der Waals surface area (Å²) in [5, 5.41) is 18.6. The highest BCUT2D eigenvalue weighted by molar-refractivity contribution is 6.45. The summed E-state index contributed by atoms with van der Waals surface area (Å²) in [6, 6.07) is 71.1. The van der Waals surface area contributed by atoms with Gasteiger partial charge < -0.3 is 9.80 Å². The zero-order chi connectivity index (χ0) is 35.3. The SMILES string of the molecule is c1ccc(N(c2ccccc2)c2ccc3c(c2)c2cc4ccc5c6ccc(N(c7ccccc7)c7ccccc7)cc6c6cc7ccc3c2c7c4c56)cc1. The Morgan fingerprint density at radius 2 is 0.537 bits per heavy atom. The third kappa shape index (κ3) is 4.11. The van der Waals surface area contributed by atoms with Gasteiger partial charge in [-0.1, -0.05) is 109 Å². The maximum Gasteiger partial charge on any atom is 0.0468 e. The minimum atomic E-state index is 1.14. The van der Waals surface area contributed by atoms with E-state index < -0.39 is 0 Å². The molecule has 12 aromatic carbocycles. The molecule has 2 heteroatoms. The third-order valence-electron chi connectivity index (χ3n) is 11.6. The van der Waals surface area contributed by atoms with E-state index in [4.69, 9.17) is 0 Å². The van der Waals surface area contributed by atoms with Crippen molar-refractivity contribution < 1.29 is 0 Å². The molecule has 0 aliphatic heterocycles. The van der Waals surface area contributed by atoms with Crippen LogP contribution in [0.5, 0.6) is 0 Å². The van der Waals surface area contributed by atoms with E-state index in [9.17, 15) is 0 Å². The second kappa shape index (κ2) is 11.2. The van der Waals surface area contributed by atoms with Gasteiger partial charge in [0.05, 0.1) is 0 Å². The average Bonchev–Trinajstić information content (AvgIpc) is 3.73. The fourth-order valence-corrected chi connectivity index (χ4v) is 9.37. The second-order valence-corrected chi connectivity index (χ2v) is 14.5. The summed E-state index contributed by atoms with van der Waals surface area (Å²) in [6.07, 6.45) is 0. The fraction of sp³-hybridized carbons (Fsp3) is 0. The van der Waals surface area contributed by atoms with Crippen LogP contribution in [0, 0.1) is 0 Å². The first-order valence-electron chi connectivity index (χ1n) is 18.7. The molecule has 0 atom stereocenters. The maximum atomic E-state index is 2.46. The van der Waals surface area contributed by atoms with Crippen molar-refractivity contribution in [3.63, 3.8) is 0 Å². The number of hydrogen-bond acceptors (Lipinski definition) is 2. The topological polar surface area (TPSA) is 6.48 Å². The monoisotopic (exact) mass is 684 g/mol. The molecule has 0 amide bonds. The Labute approximate surface area is 312 Å². The van der Waals surface area contributed by atoms with Gasteiger partial charge in [-0.05, 0) is 160 Å². The van der Waals surface area contributed by atoms with Crippen LogP contribution in [0.1, 0.15) is 0 Å². The Morgan fingerprint density at radius 3 is 0.889 bits per heavy atom. The largest absolute Gasteiger partial charge is 0.310 e. The fourth-order valence-electron chi connectivity index (χ4n) is 9.37. The minimum absolute atomic E-state index is 1.14. The van der Waals surface area contributed by atoms with Crippen molar-refractivity contribution in [2.24, 2.45) is 0 Å². The van der Waals surface area contributed by atoms with Crippen LogP contribution in [0.2, 0.25) is 0 Å². The lowest BCUT2D eigenvalue weighted by Gasteiger charge is -2.25. The van der Waals surface area contributed by atoms with Crippen LogP contribution < -0.4 is 9.80 Å². The molecule has 0 saturated carbocycles. The number of fused-ring (bicyclic) bond motifs is 6. The number of benzene rings is 10. The van der Waals surface area contributed by atoms with Gasteiger partial charge in [-0.25, -0.2) is 0 Å². The van der Waals surface area contributed by atoms with Gasteiger partial charge in [0.1, 0.15) is 0 Å². The molecule has 0 aromatic heterocycles. The lowest BCUT2D eigenvalue weighted by atomic mass is 9.90. The predicted octanol–water partition coefficient (Wildman–Crippen LogP) is 15.0. The summed E-state index contributed by atoms with van der Waals surface area (Å²) in [4.78, 5) is 4.72. The van der Waals surface area contributed by atoms with Crippen molar-refractivity contribution in [3.8, 4) is 0 Å². The Bertz CT molecular complexity index is 3000. The average molecular weight is 685 g/mol. The van der Waals surface area contributed by atoms with Crippen LogP contribution in [-0.2, 0) is 0 Å². The van der Waals surface area contributed by atoms with Gasteiger partial charge >= 0.3 is 0 Å². The molecule has 0 unspecified atom stereocenters. The van der Waals surface area contributed by atoms with Gasteiger partial charge in [-0.3, -0.25) is 0 Å². The van der Waals surface area contributed by atoms with E-state index >= 15 is 0 Å². The van der Waals surface area contributed by atoms with Crippen molar-refractivity contribution >= 4 is 110 Å². The van der Waals surface area contributed by atoms with Crippen LogP contribution in [0.25, 0.3) is 75.4 Å². The van der Waals surface area contributed by atoms with Crippen LogP contribution in [0.4, 0.5) is 34.1 Å². The molecule has 0 aliphatic carbocycles. The smallest absolute Gasteiger partial charge is 0.0468 e. The first kappa shape index (κ1) is 29.4. The van der Waals surface area contributed by atoms with Gasteiger partial charge in [0.25, 0.3) is 0 Å². The summed E-state index contributed by atoms with van der Waals surface area (Å²) < 4.78 is 0. The molecule has 0 radical (unpaired) electrons. The number of rotatable bonds is 6. The molecule has 0 aliphatic rings. The van der Waals surface area contributed by atoms with Crippen LogP contribution in [0.15, 0.2) is 194 Å². The molecule has 0 bridgehead atoms. The van der Waals surface area contributed by atoms with E-state index in [1.165, 1.54) is 75.4 Å². The van der Waals surface area contributed by atoms with Crippen molar-refractivity contribution in [1.82, 2.24) is 0 Å². The molecular formula is C52H32N2. The Hall–Kier alpha value is -7.16. The quantitative estimate of drug-likeness (QED) is 0.161. The van der Waals surface area contributed by atoms with E-state index in [0.29, 0.717) is 0 Å². The highest BCUT2D eigenvalue weighted by Gasteiger charge is 2.24. The Balaban J connectivity index is 1.11. The molecule has 0 heterocycles. The first-order chi connectivity index (χ1) is 26.8. The minimum Gasteiger partial charge on any atom is -0.310 e. The van der Waals surface area contributed by atoms with Crippen molar-refractivity contribution in [2.45, 2.75) is 0 Å². The number of hydrogen-bond donors (Lipinski definition) is 0. The van der Waals surface area contributed by atoms with E-state index in [1.807, 2.05) is 0 Å². The molecule has 12 aromatic rings. The zero-order valence-electron chi connectivity index (χ0n) is 29.4. The predicted molar refractivity (Wildman–Crippen MR) is 232 cm³/mol. The Morgan fingerprint density at radius 1 is 0.204 bits per heavy atom. The van der Waals surface area contributed by atoms with Crippen LogP contribution in [-0.4, -0.2) is 0 Å². The van der Waals surface area contributed by atoms with Crippen LogP contribution in [0.3, 0.4) is 0 Å². The lowest BCUT2D eigenvalue weighted by molar-refractivity contribution is 1.29. The summed E-state index contributed by atoms with van der Waals surface area (Å²) in [5.74, 6) is 0. The standard InChI is InChI=1S/C52H32N2/c1-5-13-35(14-6-1)53(36-15-7-2-8-16-36)39-23-27-41-43-25-21-34-30-48-46-32-40(54(37-17-9-3-10-18-37)38-19-11-4-12-20-38)24-28-42(46)44-26-22-33-29-47(45(41)31-39)51(43)49(34)50(33)52(44)48/h1-32H. The van der Waals surface area contributed by atoms with Crippen molar-refractivity contribution in [3.05, 3.63) is 194 Å². The normalized spacial score (nSPS) is 12.1. The molecule has 2 nitrogen and oxygen atoms in total. The maximum absolute atomic E-state index is 2.46. The molecule has 0 N–H and O–H groups in total. The molecule has 0 saturated heterocycles. The zero-order valence-corrected chi connectivity index (χ0v) is 29.4. The summed E-state index contributed by atoms with van der Waals surface area (Å²) >= 11 is 0. The summed E-state index contributed by atoms with van der Waals surface area (Å²) in [5.41, 5.74) is 6.89. The van der Waals surface area contributed by atoms with E-state index in [1.54, 1.807) is 0 Å². The third-order valence-corrected chi connectivity index (χ3v) is 11.6. The van der Waals surface area contributed by atoms with Gasteiger partial charge in [0, 0.05) is 34.1 Å². The molecule has 12 rings (SSSR count). The number of nitrogens with zero attached hydrogens (tertiary/aromatic N) is 2. The second-order valence-electron chi connectivity index (χ2n) is 14.5. The summed E-state index contributed by atoms with van der Waals surface area (Å²) in [6.45, 7) is 0. The van der Waals surface area contributed by atoms with E-state index in [-0.39, 0.29) is 0 Å². The number of para-hydroxylation sites is 4. The van der Waals surface area contributed by atoms with Crippen molar-refractivity contribution in [2.75, 3.05) is 9.80 Å². The van der Waals surface area contributed by atoms with Gasteiger partial charge in [0.15, 0.2) is 0 Å². The van der Waals surface area contributed by atoms with E-state index in [0.717, 1.165) is 34.1 Å². The highest BCUT2D eigenvalue weighted by Crippen LogP contribution is 2.51. The van der Waals surface area contributed by atoms with Gasteiger partial charge in [-0.2, -0.15) is 0 Å². The molecule has 0 fully saturated rings. The molecule has 54 heavy (non-hydrogen) atoms. The molecule has 0 spiro atoms. The van der Waals surface area contributed by atoms with Crippen molar-refractivity contribution in [1.29, 1.82) is 0 Å². The lowest BCUT2D eigenvalue weighted by Crippen LogP contribution is -2.09. The molecule has 250 valence electrons. The number of anilines is 6. The van der Waals surface area contributed by atoms with E-state index in [2.05, 4.69) is 204 Å².